The normalized spacial score (nSPS) is 10.7. The van der Waals surface area contributed by atoms with Gasteiger partial charge < -0.3 is 10.3 Å². The number of carbonyl (C=O) groups is 1. The van der Waals surface area contributed by atoms with E-state index in [1.54, 1.807) is 12.1 Å². The maximum atomic E-state index is 13.1. The Bertz CT molecular complexity index is 765. The van der Waals surface area contributed by atoms with Gasteiger partial charge in [0.25, 0.3) is 5.91 Å². The summed E-state index contributed by atoms with van der Waals surface area (Å²) in [5.41, 5.74) is 2.38. The fraction of sp³-hybridized carbons (Fsp3) is 0.118. The molecule has 1 amide bonds. The van der Waals surface area contributed by atoms with Crippen molar-refractivity contribution in [2.75, 3.05) is 6.54 Å². The molecule has 106 valence electrons. The molecule has 0 aliphatic carbocycles. The molecule has 0 aliphatic heterocycles. The van der Waals surface area contributed by atoms with E-state index in [0.29, 0.717) is 17.6 Å². The maximum absolute atomic E-state index is 13.1. The zero-order chi connectivity index (χ0) is 14.7. The molecule has 2 N–H and O–H groups in total. The minimum absolute atomic E-state index is 0.178. The van der Waals surface area contributed by atoms with Gasteiger partial charge >= 0.3 is 0 Å². The number of aromatic nitrogens is 1. The Hall–Kier alpha value is -2.62. The Labute approximate surface area is 121 Å². The molecule has 0 bridgehead atoms. The van der Waals surface area contributed by atoms with Crippen molar-refractivity contribution in [2.45, 2.75) is 6.42 Å². The van der Waals surface area contributed by atoms with Gasteiger partial charge in [-0.1, -0.05) is 30.3 Å². The van der Waals surface area contributed by atoms with E-state index in [4.69, 9.17) is 0 Å². The molecule has 0 aliphatic rings. The van der Waals surface area contributed by atoms with E-state index >= 15 is 0 Å². The monoisotopic (exact) mass is 282 g/mol. The van der Waals surface area contributed by atoms with Crippen LogP contribution in [-0.2, 0) is 6.42 Å². The van der Waals surface area contributed by atoms with Crippen LogP contribution in [0.3, 0.4) is 0 Å². The quantitative estimate of drug-likeness (QED) is 0.758. The first-order chi connectivity index (χ1) is 10.2. The summed E-state index contributed by atoms with van der Waals surface area (Å²) in [5, 5.41) is 3.56. The molecular weight excluding hydrogens is 267 g/mol. The number of hydrogen-bond donors (Lipinski definition) is 2. The summed E-state index contributed by atoms with van der Waals surface area (Å²) in [7, 11) is 0. The summed E-state index contributed by atoms with van der Waals surface area (Å²) < 4.78 is 13.1. The molecule has 0 unspecified atom stereocenters. The average molecular weight is 282 g/mol. The van der Waals surface area contributed by atoms with Crippen LogP contribution in [-0.4, -0.2) is 17.4 Å². The van der Waals surface area contributed by atoms with E-state index in [-0.39, 0.29) is 11.7 Å². The molecule has 21 heavy (non-hydrogen) atoms. The molecule has 3 nitrogen and oxygen atoms in total. The molecule has 0 saturated heterocycles. The van der Waals surface area contributed by atoms with Crippen molar-refractivity contribution in [3.63, 3.8) is 0 Å². The lowest BCUT2D eigenvalue weighted by Gasteiger charge is -2.03. The molecule has 0 atom stereocenters. The summed E-state index contributed by atoms with van der Waals surface area (Å²) >= 11 is 0. The van der Waals surface area contributed by atoms with Crippen LogP contribution < -0.4 is 5.32 Å². The third-order valence-electron chi connectivity index (χ3n) is 3.37. The van der Waals surface area contributed by atoms with Crippen molar-refractivity contribution in [3.8, 4) is 0 Å². The Morgan fingerprint density at radius 2 is 1.90 bits per heavy atom. The van der Waals surface area contributed by atoms with Gasteiger partial charge in [0.1, 0.15) is 11.5 Å². The smallest absolute Gasteiger partial charge is 0.267 e. The lowest BCUT2D eigenvalue weighted by molar-refractivity contribution is 0.0950. The van der Waals surface area contributed by atoms with E-state index < -0.39 is 0 Å². The third kappa shape index (κ3) is 3.11. The molecule has 1 heterocycles. The second-order valence-corrected chi connectivity index (χ2v) is 4.91. The first-order valence-corrected chi connectivity index (χ1v) is 6.83. The van der Waals surface area contributed by atoms with Gasteiger partial charge in [0.15, 0.2) is 0 Å². The molecule has 2 aromatic carbocycles. The molecule has 4 heteroatoms. The molecule has 1 aromatic heterocycles. The number of amides is 1. The predicted molar refractivity (Wildman–Crippen MR) is 80.7 cm³/mol. The van der Waals surface area contributed by atoms with Crippen LogP contribution in [0, 0.1) is 5.82 Å². The highest BCUT2D eigenvalue weighted by Crippen LogP contribution is 2.16. The number of H-pyrrole nitrogens is 1. The number of hydrogen-bond acceptors (Lipinski definition) is 1. The van der Waals surface area contributed by atoms with Crippen LogP contribution in [0.2, 0.25) is 0 Å². The number of rotatable bonds is 4. The zero-order valence-electron chi connectivity index (χ0n) is 11.4. The van der Waals surface area contributed by atoms with Gasteiger partial charge in [-0.3, -0.25) is 4.79 Å². The first kappa shape index (κ1) is 13.4. The van der Waals surface area contributed by atoms with Gasteiger partial charge in [-0.2, -0.15) is 0 Å². The largest absolute Gasteiger partial charge is 0.351 e. The molecule has 0 fully saturated rings. The molecule has 3 aromatic rings. The third-order valence-corrected chi connectivity index (χ3v) is 3.37. The van der Waals surface area contributed by atoms with Crippen molar-refractivity contribution in [3.05, 3.63) is 71.7 Å². The van der Waals surface area contributed by atoms with Crippen molar-refractivity contribution in [1.29, 1.82) is 0 Å². The Kier molecular flexibility index (Phi) is 3.69. The molecular formula is C17H15FN2O. The van der Waals surface area contributed by atoms with E-state index in [1.165, 1.54) is 17.7 Å². The standard InChI is InChI=1S/C17H15FN2O/c18-14-6-7-15-13(10-14)11-16(20-15)17(21)19-9-8-12-4-2-1-3-5-12/h1-7,10-11,20H,8-9H2,(H,19,21). The van der Waals surface area contributed by atoms with Crippen molar-refractivity contribution in [1.82, 2.24) is 10.3 Å². The highest BCUT2D eigenvalue weighted by atomic mass is 19.1. The highest BCUT2D eigenvalue weighted by molar-refractivity contribution is 5.97. The summed E-state index contributed by atoms with van der Waals surface area (Å²) in [6, 6.07) is 16.0. The molecule has 0 saturated carbocycles. The lowest BCUT2D eigenvalue weighted by atomic mass is 10.1. The van der Waals surface area contributed by atoms with Crippen LogP contribution >= 0.6 is 0 Å². The first-order valence-electron chi connectivity index (χ1n) is 6.83. The van der Waals surface area contributed by atoms with Gasteiger partial charge in [-0.25, -0.2) is 4.39 Å². The number of aromatic amines is 1. The fourth-order valence-corrected chi connectivity index (χ4v) is 2.29. The summed E-state index contributed by atoms with van der Waals surface area (Å²) in [5.74, 6) is -0.486. The van der Waals surface area contributed by atoms with Crippen LogP contribution in [0.25, 0.3) is 10.9 Å². The zero-order valence-corrected chi connectivity index (χ0v) is 11.4. The van der Waals surface area contributed by atoms with Gasteiger partial charge in [0.05, 0.1) is 0 Å². The second kappa shape index (κ2) is 5.79. The van der Waals surface area contributed by atoms with E-state index in [2.05, 4.69) is 10.3 Å². The fourth-order valence-electron chi connectivity index (χ4n) is 2.29. The average Bonchev–Trinajstić information content (AvgIpc) is 2.91. The molecule has 0 spiro atoms. The Morgan fingerprint density at radius 3 is 2.71 bits per heavy atom. The number of carbonyl (C=O) groups excluding carboxylic acids is 1. The summed E-state index contributed by atoms with van der Waals surface area (Å²) in [4.78, 5) is 15.0. The van der Waals surface area contributed by atoms with E-state index in [1.807, 2.05) is 30.3 Å². The van der Waals surface area contributed by atoms with Gasteiger partial charge in [-0.15, -0.1) is 0 Å². The van der Waals surface area contributed by atoms with Gasteiger partial charge in [-0.05, 0) is 36.2 Å². The highest BCUT2D eigenvalue weighted by Gasteiger charge is 2.09. The minimum atomic E-state index is -0.308. The number of benzene rings is 2. The summed E-state index contributed by atoms with van der Waals surface area (Å²) in [6.45, 7) is 0.562. The predicted octanol–water partition coefficient (Wildman–Crippen LogP) is 3.28. The van der Waals surface area contributed by atoms with Crippen LogP contribution in [0.4, 0.5) is 4.39 Å². The second-order valence-electron chi connectivity index (χ2n) is 4.91. The topological polar surface area (TPSA) is 44.9 Å². The van der Waals surface area contributed by atoms with E-state index in [9.17, 15) is 9.18 Å². The maximum Gasteiger partial charge on any atom is 0.267 e. The van der Waals surface area contributed by atoms with Crippen molar-refractivity contribution < 1.29 is 9.18 Å². The van der Waals surface area contributed by atoms with Gasteiger partial charge in [0.2, 0.25) is 0 Å². The number of halogens is 1. The van der Waals surface area contributed by atoms with Gasteiger partial charge in [0, 0.05) is 17.4 Å². The minimum Gasteiger partial charge on any atom is -0.351 e. The SMILES string of the molecule is O=C(NCCc1ccccc1)c1cc2cc(F)ccc2[nH]1. The molecule has 3 rings (SSSR count). The van der Waals surface area contributed by atoms with Crippen LogP contribution in [0.5, 0.6) is 0 Å². The van der Waals surface area contributed by atoms with Crippen LogP contribution in [0.1, 0.15) is 16.1 Å². The molecule has 0 radical (unpaired) electrons. The van der Waals surface area contributed by atoms with Crippen LogP contribution in [0.15, 0.2) is 54.6 Å². The van der Waals surface area contributed by atoms with Crippen molar-refractivity contribution >= 4 is 16.8 Å². The lowest BCUT2D eigenvalue weighted by Crippen LogP contribution is -2.25. The van der Waals surface area contributed by atoms with Crippen molar-refractivity contribution in [2.24, 2.45) is 0 Å². The Morgan fingerprint density at radius 1 is 1.10 bits per heavy atom. The number of fused-ring (bicyclic) bond motifs is 1. The summed E-state index contributed by atoms with van der Waals surface area (Å²) in [6.07, 6.45) is 0.779. The van der Waals surface area contributed by atoms with E-state index in [0.717, 1.165) is 11.9 Å². The Balaban J connectivity index is 1.64. The number of nitrogens with one attached hydrogen (secondary N) is 2.